The van der Waals surface area contributed by atoms with E-state index in [1.807, 2.05) is 0 Å². The van der Waals surface area contributed by atoms with E-state index in [9.17, 15) is 0 Å². The molecule has 0 aromatic carbocycles. The number of halogens is 1. The molecular formula is B6I-. The van der Waals surface area contributed by atoms with Crippen molar-refractivity contribution in [2.75, 3.05) is 0 Å². The topological polar surface area (TPSA) is 0 Å². The summed E-state index contributed by atoms with van der Waals surface area (Å²) in [7, 11) is 20.6. The first-order valence-electron chi connectivity index (χ1n) is 1.77. The molecule has 0 spiro atoms. The van der Waals surface area contributed by atoms with Gasteiger partial charge in [0.25, 0.3) is 0 Å². The molecule has 0 aliphatic carbocycles. The zero-order valence-corrected chi connectivity index (χ0v) is 6.00. The van der Waals surface area contributed by atoms with Gasteiger partial charge in [-0.1, -0.05) is 0 Å². The Labute approximate surface area is 60.4 Å². The molecule has 0 saturated heterocycles. The first kappa shape index (κ1) is 8.12. The van der Waals surface area contributed by atoms with Gasteiger partial charge in [0, 0.05) is 0 Å². The van der Waals surface area contributed by atoms with E-state index in [2.05, 4.69) is 0 Å². The van der Waals surface area contributed by atoms with E-state index in [4.69, 9.17) is 30.9 Å². The van der Waals surface area contributed by atoms with Gasteiger partial charge in [-0.2, -0.15) is 0 Å². The predicted octanol–water partition coefficient (Wildman–Crippen LogP) is -5.28. The Morgan fingerprint density at radius 3 is 1.14 bits per heavy atom. The van der Waals surface area contributed by atoms with Crippen LogP contribution in [-0.2, 0) is 0 Å². The standard InChI is InChI=1S/B6I/c1-5(2)7-6(3)4/q-1. The summed E-state index contributed by atoms with van der Waals surface area (Å²) < 4.78 is -0.530. The van der Waals surface area contributed by atoms with E-state index in [-0.39, 0.29) is 29.5 Å². The molecule has 8 radical (unpaired) electrons. The molecule has 7 heavy (non-hydrogen) atoms. The second kappa shape index (κ2) is 4.04. The second-order valence-electron chi connectivity index (χ2n) is 1.01. The van der Waals surface area contributed by atoms with E-state index in [0.29, 0.717) is 0 Å². The maximum atomic E-state index is 5.16. The summed E-state index contributed by atoms with van der Waals surface area (Å²) in [6.45, 7) is 0. The van der Waals surface area contributed by atoms with Gasteiger partial charge < -0.3 is 0 Å². The van der Waals surface area contributed by atoms with E-state index in [1.54, 1.807) is 0 Å². The van der Waals surface area contributed by atoms with E-state index < -0.39 is 0 Å². The maximum absolute atomic E-state index is 5.16. The molecule has 0 aliphatic rings. The average molecular weight is 192 g/mol. The monoisotopic (exact) mass is 193 g/mol. The summed E-state index contributed by atoms with van der Waals surface area (Å²) in [6, 6.07) is 0. The summed E-state index contributed by atoms with van der Waals surface area (Å²) in [6.07, 6.45) is 0. The molecule has 0 atom stereocenters. The Morgan fingerprint density at radius 1 is 0.857 bits per heavy atom. The summed E-state index contributed by atoms with van der Waals surface area (Å²) >= 11 is -0.383. The molecule has 0 amide bonds. The second-order valence-corrected chi connectivity index (χ2v) is 4.61. The Kier molecular flexibility index (Phi) is 4.69. The fourth-order valence-corrected chi connectivity index (χ4v) is 1.13. The molecular weight excluding hydrogens is 192 g/mol. The van der Waals surface area contributed by atoms with Crippen LogP contribution in [0.3, 0.4) is 0 Å². The first-order valence-corrected chi connectivity index (χ1v) is 4.26. The van der Waals surface area contributed by atoms with Crippen LogP contribution in [0.25, 0.3) is 0 Å². The molecule has 7 heteroatoms. The summed E-state index contributed by atoms with van der Waals surface area (Å²) in [5, 5.41) is 0. The van der Waals surface area contributed by atoms with E-state index >= 15 is 0 Å². The third-order valence-electron chi connectivity index (χ3n) is 0.291. The summed E-state index contributed by atoms with van der Waals surface area (Å²) in [4.78, 5) is 0. The van der Waals surface area contributed by atoms with Crippen LogP contribution >= 0.6 is 0 Å². The predicted molar refractivity (Wildman–Crippen MR) is 34.5 cm³/mol. The molecule has 0 heterocycles. The van der Waals surface area contributed by atoms with Crippen LogP contribution in [0.1, 0.15) is 0 Å². The third-order valence-corrected chi connectivity index (χ3v) is 1.95. The van der Waals surface area contributed by atoms with Crippen LogP contribution in [0, 0.1) is 0 Å². The molecule has 0 N–H and O–H groups in total. The van der Waals surface area contributed by atoms with Crippen molar-refractivity contribution in [2.45, 2.75) is 0 Å². The van der Waals surface area contributed by atoms with Gasteiger partial charge in [-0.3, -0.25) is 0 Å². The third kappa shape index (κ3) is 7.12. The first-order chi connectivity index (χ1) is 3.13. The molecule has 0 nitrogen and oxygen atoms in total. The zero-order chi connectivity index (χ0) is 5.86. The summed E-state index contributed by atoms with van der Waals surface area (Å²) in [5.74, 6) is 0. The normalized spacial score (nSPS) is 8.57. The van der Waals surface area contributed by atoms with Crippen LogP contribution in [0.4, 0.5) is 0 Å². The van der Waals surface area contributed by atoms with Gasteiger partial charge in [-0.25, -0.2) is 0 Å². The van der Waals surface area contributed by atoms with Crippen LogP contribution in [0.5, 0.6) is 0 Å². The molecule has 0 rings (SSSR count). The molecule has 0 bridgehead atoms. The SMILES string of the molecule is [B]B([B])[I-]B([B])[B]. The quantitative estimate of drug-likeness (QED) is 0.302. The van der Waals surface area contributed by atoms with Crippen molar-refractivity contribution in [3.05, 3.63) is 0 Å². The van der Waals surface area contributed by atoms with Crippen molar-refractivity contribution in [2.24, 2.45) is 0 Å². The van der Waals surface area contributed by atoms with E-state index in [1.165, 1.54) is 0 Å². The fraction of sp³-hybridized carbons (Fsp3) is 0. The van der Waals surface area contributed by atoms with Crippen LogP contribution in [-0.4, -0.2) is 39.6 Å². The zero-order valence-electron chi connectivity index (χ0n) is 3.84. The molecule has 0 saturated carbocycles. The molecule has 0 fully saturated rings. The Bertz CT molecular complexity index is 33.4. The minimum atomic E-state index is -0.383. The number of hydrogen-bond acceptors (Lipinski definition) is 0. The van der Waals surface area contributed by atoms with Gasteiger partial charge in [-0.05, 0) is 0 Å². The van der Waals surface area contributed by atoms with Crippen molar-refractivity contribution in [1.82, 2.24) is 0 Å². The Balaban J connectivity index is 2.95. The average Bonchev–Trinajstić information content (AvgIpc) is 1.27. The van der Waals surface area contributed by atoms with Crippen LogP contribution in [0.15, 0.2) is 0 Å². The van der Waals surface area contributed by atoms with Gasteiger partial charge in [-0.15, -0.1) is 0 Å². The van der Waals surface area contributed by atoms with Crippen LogP contribution < -0.4 is 20.8 Å². The molecule has 26 valence electrons. The van der Waals surface area contributed by atoms with Gasteiger partial charge in [0.2, 0.25) is 0 Å². The molecule has 0 unspecified atom stereocenters. The van der Waals surface area contributed by atoms with Gasteiger partial charge >= 0.3 is 60.4 Å². The van der Waals surface area contributed by atoms with E-state index in [0.717, 1.165) is 0 Å². The Hall–Kier alpha value is 1.12. The van der Waals surface area contributed by atoms with Crippen molar-refractivity contribution in [3.8, 4) is 0 Å². The minimum absolute atomic E-state index is 0.265. The van der Waals surface area contributed by atoms with Gasteiger partial charge in [0.15, 0.2) is 0 Å². The van der Waals surface area contributed by atoms with Crippen molar-refractivity contribution < 1.29 is 20.8 Å². The molecule has 0 aliphatic heterocycles. The fourth-order valence-electron chi connectivity index (χ4n) is 0.168. The summed E-state index contributed by atoms with van der Waals surface area (Å²) in [5.41, 5.74) is 0. The molecule has 0 aromatic rings. The number of hydrogen-bond donors (Lipinski definition) is 0. The molecule has 0 aromatic heterocycles. The van der Waals surface area contributed by atoms with Gasteiger partial charge in [0.1, 0.15) is 0 Å². The Morgan fingerprint density at radius 2 is 1.14 bits per heavy atom. The van der Waals surface area contributed by atoms with Crippen molar-refractivity contribution in [3.63, 3.8) is 0 Å². The van der Waals surface area contributed by atoms with Gasteiger partial charge in [0.05, 0.1) is 0 Å². The van der Waals surface area contributed by atoms with Crippen molar-refractivity contribution in [1.29, 1.82) is 0 Å². The number of rotatable bonds is 2. The van der Waals surface area contributed by atoms with Crippen molar-refractivity contribution >= 4 is 39.6 Å². The van der Waals surface area contributed by atoms with Crippen LogP contribution in [0.2, 0.25) is 0 Å².